The van der Waals surface area contributed by atoms with Crippen molar-refractivity contribution < 1.29 is 0 Å². The lowest BCUT2D eigenvalue weighted by atomic mass is 10.2. The third kappa shape index (κ3) is 5.61. The third-order valence-electron chi connectivity index (χ3n) is 4.50. The molecular formula is C22H23Cl3N4. The van der Waals surface area contributed by atoms with Crippen LogP contribution in [0.25, 0.3) is 23.1 Å². The second kappa shape index (κ2) is 9.77. The number of rotatable bonds is 7. The summed E-state index contributed by atoms with van der Waals surface area (Å²) in [5.41, 5.74) is 1.66. The number of nitrogens with zero attached hydrogens (tertiary/aromatic N) is 4. The van der Waals surface area contributed by atoms with Crippen molar-refractivity contribution >= 4 is 63.7 Å². The van der Waals surface area contributed by atoms with Crippen molar-refractivity contribution in [2.45, 2.75) is 6.42 Å². The number of fused-ring (bicyclic) bond motifs is 1. The zero-order chi connectivity index (χ0) is 21.0. The van der Waals surface area contributed by atoms with Gasteiger partial charge in [-0.2, -0.15) is 0 Å². The molecule has 0 unspecified atom stereocenters. The molecule has 3 rings (SSSR count). The Bertz CT molecular complexity index is 1030. The van der Waals surface area contributed by atoms with Gasteiger partial charge in [-0.25, -0.2) is 9.97 Å². The Kier molecular flexibility index (Phi) is 7.36. The Morgan fingerprint density at radius 2 is 1.66 bits per heavy atom. The molecule has 0 amide bonds. The molecule has 0 saturated carbocycles. The maximum Gasteiger partial charge on any atom is 0.155 e. The van der Waals surface area contributed by atoms with Crippen LogP contribution in [0.3, 0.4) is 0 Å². The van der Waals surface area contributed by atoms with Gasteiger partial charge in [0.25, 0.3) is 0 Å². The highest BCUT2D eigenvalue weighted by atomic mass is 35.5. The van der Waals surface area contributed by atoms with Gasteiger partial charge in [0.2, 0.25) is 0 Å². The van der Waals surface area contributed by atoms with E-state index in [0.29, 0.717) is 20.9 Å². The van der Waals surface area contributed by atoms with Crippen LogP contribution in [0.4, 0.5) is 5.82 Å². The fourth-order valence-corrected chi connectivity index (χ4v) is 3.52. The minimum absolute atomic E-state index is 0.512. The molecule has 3 aromatic rings. The summed E-state index contributed by atoms with van der Waals surface area (Å²) in [5, 5.41) is 2.59. The molecule has 1 aromatic heterocycles. The number of halogens is 3. The average molecular weight is 450 g/mol. The van der Waals surface area contributed by atoms with Crippen LogP contribution in [-0.2, 0) is 0 Å². The Morgan fingerprint density at radius 3 is 2.38 bits per heavy atom. The van der Waals surface area contributed by atoms with Crippen LogP contribution in [0.15, 0.2) is 36.4 Å². The SMILES string of the molecule is CN(C)CCCN(C)c1nc(/C=C/c2ccc(Cl)c(Cl)c2)nc2c(Cl)cccc12. The summed E-state index contributed by atoms with van der Waals surface area (Å²) in [6, 6.07) is 11.3. The molecule has 2 aromatic carbocycles. The molecule has 0 fully saturated rings. The normalized spacial score (nSPS) is 11.7. The fourth-order valence-electron chi connectivity index (χ4n) is 3.00. The van der Waals surface area contributed by atoms with Gasteiger partial charge in [0.1, 0.15) is 5.82 Å². The van der Waals surface area contributed by atoms with Crippen LogP contribution < -0.4 is 4.90 Å². The maximum absolute atomic E-state index is 6.44. The van der Waals surface area contributed by atoms with Crippen LogP contribution in [0.2, 0.25) is 15.1 Å². The fraction of sp³-hybridized carbons (Fsp3) is 0.273. The first kappa shape index (κ1) is 21.8. The van der Waals surface area contributed by atoms with Gasteiger partial charge in [-0.3, -0.25) is 0 Å². The molecule has 0 N–H and O–H groups in total. The molecule has 0 aliphatic heterocycles. The van der Waals surface area contributed by atoms with E-state index in [0.717, 1.165) is 41.8 Å². The lowest BCUT2D eigenvalue weighted by Crippen LogP contribution is -2.24. The standard InChI is InChI=1S/C22H23Cl3N4/c1-28(2)12-5-13-29(3)22-16-6-4-7-18(24)21(16)26-20(27-22)11-9-15-8-10-17(23)19(25)14-15/h4,6-11,14H,5,12-13H2,1-3H3/b11-9+. The van der Waals surface area contributed by atoms with Gasteiger partial charge in [0.15, 0.2) is 5.82 Å². The maximum atomic E-state index is 6.44. The first-order chi connectivity index (χ1) is 13.8. The van der Waals surface area contributed by atoms with E-state index in [-0.39, 0.29) is 0 Å². The summed E-state index contributed by atoms with van der Waals surface area (Å²) in [6.45, 7) is 1.89. The van der Waals surface area contributed by atoms with E-state index >= 15 is 0 Å². The highest BCUT2D eigenvalue weighted by Crippen LogP contribution is 2.29. The second-order valence-corrected chi connectivity index (χ2v) is 8.35. The van der Waals surface area contributed by atoms with Crippen LogP contribution in [0.1, 0.15) is 17.8 Å². The predicted molar refractivity (Wildman–Crippen MR) is 126 cm³/mol. The van der Waals surface area contributed by atoms with Crippen LogP contribution >= 0.6 is 34.8 Å². The third-order valence-corrected chi connectivity index (χ3v) is 5.55. The van der Waals surface area contributed by atoms with Gasteiger partial charge in [0.05, 0.1) is 20.6 Å². The van der Waals surface area contributed by atoms with Crippen molar-refractivity contribution in [1.29, 1.82) is 0 Å². The quantitative estimate of drug-likeness (QED) is 0.433. The molecule has 0 aliphatic rings. The minimum Gasteiger partial charge on any atom is -0.359 e. The molecule has 0 aliphatic carbocycles. The highest BCUT2D eigenvalue weighted by molar-refractivity contribution is 6.42. The molecule has 29 heavy (non-hydrogen) atoms. The summed E-state index contributed by atoms with van der Waals surface area (Å²) in [5.74, 6) is 1.45. The van der Waals surface area contributed by atoms with Crippen LogP contribution in [-0.4, -0.2) is 49.1 Å². The van der Waals surface area contributed by atoms with E-state index in [2.05, 4.69) is 28.9 Å². The van der Waals surface area contributed by atoms with Gasteiger partial charge in [0, 0.05) is 19.0 Å². The molecule has 7 heteroatoms. The summed E-state index contributed by atoms with van der Waals surface area (Å²) in [4.78, 5) is 13.8. The van der Waals surface area contributed by atoms with E-state index in [1.165, 1.54) is 0 Å². The van der Waals surface area contributed by atoms with Crippen molar-refractivity contribution in [3.63, 3.8) is 0 Å². The lowest BCUT2D eigenvalue weighted by molar-refractivity contribution is 0.401. The molecule has 0 saturated heterocycles. The smallest absolute Gasteiger partial charge is 0.155 e. The molecule has 0 spiro atoms. The molecule has 1 heterocycles. The van der Waals surface area contributed by atoms with Gasteiger partial charge in [-0.1, -0.05) is 53.0 Å². The number of para-hydroxylation sites is 1. The van der Waals surface area contributed by atoms with Crippen molar-refractivity contribution in [1.82, 2.24) is 14.9 Å². The summed E-state index contributed by atoms with van der Waals surface area (Å²) in [7, 11) is 6.20. The van der Waals surface area contributed by atoms with Crippen molar-refractivity contribution in [2.75, 3.05) is 39.1 Å². The topological polar surface area (TPSA) is 32.3 Å². The number of hydrogen-bond acceptors (Lipinski definition) is 4. The predicted octanol–water partition coefficient (Wildman–Crippen LogP) is 6.15. The number of anilines is 1. The van der Waals surface area contributed by atoms with E-state index in [4.69, 9.17) is 39.8 Å². The van der Waals surface area contributed by atoms with Gasteiger partial charge < -0.3 is 9.80 Å². The Morgan fingerprint density at radius 1 is 0.862 bits per heavy atom. The van der Waals surface area contributed by atoms with Crippen molar-refractivity contribution in [2.24, 2.45) is 0 Å². The van der Waals surface area contributed by atoms with Gasteiger partial charge in [-0.15, -0.1) is 0 Å². The van der Waals surface area contributed by atoms with E-state index in [1.54, 1.807) is 6.07 Å². The zero-order valence-corrected chi connectivity index (χ0v) is 18.9. The minimum atomic E-state index is 0.512. The number of hydrogen-bond donors (Lipinski definition) is 0. The van der Waals surface area contributed by atoms with Crippen LogP contribution in [0.5, 0.6) is 0 Å². The second-order valence-electron chi connectivity index (χ2n) is 7.13. The molecule has 0 bridgehead atoms. The number of benzene rings is 2. The monoisotopic (exact) mass is 448 g/mol. The largest absolute Gasteiger partial charge is 0.359 e. The van der Waals surface area contributed by atoms with E-state index < -0.39 is 0 Å². The molecule has 4 nitrogen and oxygen atoms in total. The number of aromatic nitrogens is 2. The van der Waals surface area contributed by atoms with Gasteiger partial charge in [-0.05, 0) is 63.0 Å². The molecule has 152 valence electrons. The van der Waals surface area contributed by atoms with E-state index in [9.17, 15) is 0 Å². The summed E-state index contributed by atoms with van der Waals surface area (Å²) < 4.78 is 0. The van der Waals surface area contributed by atoms with Gasteiger partial charge >= 0.3 is 0 Å². The molecule has 0 atom stereocenters. The van der Waals surface area contributed by atoms with Crippen molar-refractivity contribution in [3.05, 3.63) is 62.9 Å². The molecule has 0 radical (unpaired) electrons. The van der Waals surface area contributed by atoms with Crippen molar-refractivity contribution in [3.8, 4) is 0 Å². The lowest BCUT2D eigenvalue weighted by Gasteiger charge is -2.21. The Labute approximate surface area is 186 Å². The Balaban J connectivity index is 1.96. The Hall–Kier alpha value is -1.85. The van der Waals surface area contributed by atoms with Crippen LogP contribution in [0, 0.1) is 0 Å². The highest BCUT2D eigenvalue weighted by Gasteiger charge is 2.13. The average Bonchev–Trinajstić information content (AvgIpc) is 2.68. The molecular weight excluding hydrogens is 427 g/mol. The zero-order valence-electron chi connectivity index (χ0n) is 16.7. The first-order valence-electron chi connectivity index (χ1n) is 9.30. The summed E-state index contributed by atoms with van der Waals surface area (Å²) >= 11 is 18.5. The summed E-state index contributed by atoms with van der Waals surface area (Å²) in [6.07, 6.45) is 4.81. The first-order valence-corrected chi connectivity index (χ1v) is 10.4. The van der Waals surface area contributed by atoms with E-state index in [1.807, 2.05) is 49.5 Å².